The summed E-state index contributed by atoms with van der Waals surface area (Å²) >= 11 is 0. The minimum absolute atomic E-state index is 0.0832. The molecule has 21 heavy (non-hydrogen) atoms. The van der Waals surface area contributed by atoms with Gasteiger partial charge in [0.15, 0.2) is 11.5 Å². The molecule has 1 amide bonds. The fourth-order valence-corrected chi connectivity index (χ4v) is 2.74. The van der Waals surface area contributed by atoms with Crippen LogP contribution in [0.5, 0.6) is 0 Å². The van der Waals surface area contributed by atoms with Crippen LogP contribution in [0.2, 0.25) is 0 Å². The highest BCUT2D eigenvalue weighted by molar-refractivity contribution is 5.82. The zero-order valence-electron chi connectivity index (χ0n) is 12.3. The number of carbonyl (C=O) groups excluding carboxylic acids is 1. The summed E-state index contributed by atoms with van der Waals surface area (Å²) < 4.78 is 10.7. The van der Waals surface area contributed by atoms with E-state index in [1.54, 1.807) is 0 Å². The smallest absolute Gasteiger partial charge is 0.228 e. The van der Waals surface area contributed by atoms with Crippen molar-refractivity contribution in [2.45, 2.75) is 12.5 Å². The molecule has 0 radical (unpaired) electrons. The van der Waals surface area contributed by atoms with Crippen molar-refractivity contribution in [2.24, 2.45) is 11.7 Å². The van der Waals surface area contributed by atoms with Crippen LogP contribution in [0.25, 0.3) is 0 Å². The van der Waals surface area contributed by atoms with Crippen molar-refractivity contribution in [2.75, 3.05) is 14.2 Å². The lowest BCUT2D eigenvalue weighted by Gasteiger charge is -2.38. The lowest BCUT2D eigenvalue weighted by atomic mass is 9.75. The Morgan fingerprint density at radius 3 is 2.52 bits per heavy atom. The maximum absolute atomic E-state index is 11.9. The number of benzene rings is 1. The number of hydrogen-bond acceptors (Lipinski definition) is 4. The van der Waals surface area contributed by atoms with Crippen molar-refractivity contribution in [1.82, 2.24) is 0 Å². The first-order valence-electron chi connectivity index (χ1n) is 6.55. The maximum Gasteiger partial charge on any atom is 0.228 e. The fourth-order valence-electron chi connectivity index (χ4n) is 2.74. The highest BCUT2D eigenvalue weighted by atomic mass is 16.5. The third kappa shape index (κ3) is 2.40. The molecule has 0 aliphatic heterocycles. The topological polar surface area (TPSA) is 81.8 Å². The largest absolute Gasteiger partial charge is 0.504 e. The summed E-state index contributed by atoms with van der Waals surface area (Å²) in [4.78, 5) is 11.9. The lowest BCUT2D eigenvalue weighted by molar-refractivity contribution is -0.128. The van der Waals surface area contributed by atoms with Gasteiger partial charge in [-0.15, -0.1) is 0 Å². The molecule has 1 aliphatic rings. The van der Waals surface area contributed by atoms with Crippen molar-refractivity contribution in [3.63, 3.8) is 0 Å². The van der Waals surface area contributed by atoms with E-state index in [2.05, 4.69) is 0 Å². The maximum atomic E-state index is 11.9. The number of carbonyl (C=O) groups is 1. The van der Waals surface area contributed by atoms with Crippen LogP contribution >= 0.6 is 0 Å². The van der Waals surface area contributed by atoms with Crippen LogP contribution in [0.15, 0.2) is 47.9 Å². The van der Waals surface area contributed by atoms with Gasteiger partial charge < -0.3 is 20.3 Å². The Labute approximate surface area is 123 Å². The number of ether oxygens (including phenoxy) is 2. The van der Waals surface area contributed by atoms with E-state index in [0.29, 0.717) is 0 Å². The van der Waals surface area contributed by atoms with Gasteiger partial charge in [-0.3, -0.25) is 4.79 Å². The SMILES string of the molecule is COC1=CC(C(N)=O)C(OC)(c2ccccc2C)C=C1O. The molecule has 0 saturated heterocycles. The van der Waals surface area contributed by atoms with Crippen molar-refractivity contribution >= 4 is 5.91 Å². The second kappa shape index (κ2) is 5.61. The van der Waals surface area contributed by atoms with Gasteiger partial charge in [-0.25, -0.2) is 0 Å². The van der Waals surface area contributed by atoms with E-state index < -0.39 is 17.4 Å². The van der Waals surface area contributed by atoms with Crippen molar-refractivity contribution in [1.29, 1.82) is 0 Å². The van der Waals surface area contributed by atoms with Crippen LogP contribution in [0.3, 0.4) is 0 Å². The first-order chi connectivity index (χ1) is 9.96. The number of hydrogen-bond donors (Lipinski definition) is 2. The Morgan fingerprint density at radius 2 is 2.00 bits per heavy atom. The van der Waals surface area contributed by atoms with E-state index >= 15 is 0 Å². The summed E-state index contributed by atoms with van der Waals surface area (Å²) in [6.45, 7) is 1.91. The van der Waals surface area contributed by atoms with E-state index in [-0.39, 0.29) is 11.5 Å². The summed E-state index contributed by atoms with van der Waals surface area (Å²) in [7, 11) is 2.90. The summed E-state index contributed by atoms with van der Waals surface area (Å²) in [5, 5.41) is 10.1. The van der Waals surface area contributed by atoms with Crippen LogP contribution in [0.1, 0.15) is 11.1 Å². The van der Waals surface area contributed by atoms with Gasteiger partial charge in [0.25, 0.3) is 0 Å². The Kier molecular flexibility index (Phi) is 4.04. The second-order valence-corrected chi connectivity index (χ2v) is 4.96. The van der Waals surface area contributed by atoms with E-state index in [1.807, 2.05) is 31.2 Å². The second-order valence-electron chi connectivity index (χ2n) is 4.96. The van der Waals surface area contributed by atoms with Gasteiger partial charge in [0, 0.05) is 7.11 Å². The standard InChI is InChI=1S/C16H19NO4/c1-10-6-4-5-7-11(10)16(21-3)9-13(18)14(20-2)8-12(16)15(17)19/h4-9,12,18H,1-3H3,(H2,17,19). The minimum atomic E-state index is -1.15. The van der Waals surface area contributed by atoms with Gasteiger partial charge >= 0.3 is 0 Å². The first-order valence-corrected chi connectivity index (χ1v) is 6.55. The fraction of sp³-hybridized carbons (Fsp3) is 0.312. The average Bonchev–Trinajstić information content (AvgIpc) is 2.47. The predicted molar refractivity (Wildman–Crippen MR) is 78.4 cm³/mol. The molecule has 1 aliphatic carbocycles. The Morgan fingerprint density at radius 1 is 1.33 bits per heavy atom. The van der Waals surface area contributed by atoms with Gasteiger partial charge in [0.1, 0.15) is 5.60 Å². The van der Waals surface area contributed by atoms with Gasteiger partial charge in [0.05, 0.1) is 13.0 Å². The molecule has 5 nitrogen and oxygen atoms in total. The van der Waals surface area contributed by atoms with Gasteiger partial charge in [-0.05, 0) is 30.2 Å². The van der Waals surface area contributed by atoms with E-state index in [1.165, 1.54) is 26.4 Å². The van der Waals surface area contributed by atoms with Gasteiger partial charge in [-0.1, -0.05) is 24.3 Å². The number of primary amides is 1. The number of methoxy groups -OCH3 is 2. The van der Waals surface area contributed by atoms with Gasteiger partial charge in [-0.2, -0.15) is 0 Å². The zero-order valence-corrected chi connectivity index (χ0v) is 12.3. The summed E-state index contributed by atoms with van der Waals surface area (Å²) in [5.41, 5.74) is 6.10. The van der Waals surface area contributed by atoms with E-state index in [9.17, 15) is 9.90 Å². The van der Waals surface area contributed by atoms with Crippen molar-refractivity contribution in [3.05, 3.63) is 59.1 Å². The number of aryl methyl sites for hydroxylation is 1. The molecule has 3 N–H and O–H groups in total. The molecule has 0 spiro atoms. The summed E-state index contributed by atoms with van der Waals surface area (Å²) in [5.74, 6) is -1.21. The van der Waals surface area contributed by atoms with Gasteiger partial charge in [0.2, 0.25) is 5.91 Å². The molecule has 1 aromatic rings. The zero-order chi connectivity index (χ0) is 15.6. The minimum Gasteiger partial charge on any atom is -0.504 e. The Bertz CT molecular complexity index is 620. The van der Waals surface area contributed by atoms with Crippen LogP contribution in [-0.2, 0) is 19.9 Å². The molecule has 5 heteroatoms. The highest BCUT2D eigenvalue weighted by Gasteiger charge is 2.46. The summed E-state index contributed by atoms with van der Waals surface area (Å²) in [6, 6.07) is 7.50. The Balaban J connectivity index is 2.68. The molecule has 2 unspecified atom stereocenters. The Hall–Kier alpha value is -2.27. The van der Waals surface area contributed by atoms with E-state index in [4.69, 9.17) is 15.2 Å². The molecule has 0 heterocycles. The molecular formula is C16H19NO4. The highest BCUT2D eigenvalue weighted by Crippen LogP contribution is 2.42. The van der Waals surface area contributed by atoms with Crippen LogP contribution in [-0.4, -0.2) is 25.2 Å². The average molecular weight is 289 g/mol. The van der Waals surface area contributed by atoms with Crippen molar-refractivity contribution < 1.29 is 19.4 Å². The molecule has 0 aromatic heterocycles. The number of aliphatic hydroxyl groups excluding tert-OH is 1. The lowest BCUT2D eigenvalue weighted by Crippen LogP contribution is -2.44. The quantitative estimate of drug-likeness (QED) is 0.887. The molecule has 0 fully saturated rings. The predicted octanol–water partition coefficient (Wildman–Crippen LogP) is 1.92. The third-order valence-corrected chi connectivity index (χ3v) is 3.81. The summed E-state index contributed by atoms with van der Waals surface area (Å²) in [6.07, 6.45) is 2.97. The number of rotatable bonds is 4. The monoisotopic (exact) mass is 289 g/mol. The molecule has 112 valence electrons. The number of aliphatic hydroxyl groups is 1. The van der Waals surface area contributed by atoms with Crippen LogP contribution < -0.4 is 5.73 Å². The van der Waals surface area contributed by atoms with Crippen LogP contribution in [0.4, 0.5) is 0 Å². The molecular weight excluding hydrogens is 270 g/mol. The number of nitrogens with two attached hydrogens (primary N) is 1. The van der Waals surface area contributed by atoms with E-state index in [0.717, 1.165) is 11.1 Å². The molecule has 2 rings (SSSR count). The molecule has 2 atom stereocenters. The first kappa shape index (κ1) is 15.1. The normalized spacial score (nSPS) is 25.0. The third-order valence-electron chi connectivity index (χ3n) is 3.81. The van der Waals surface area contributed by atoms with Crippen LogP contribution in [0, 0.1) is 12.8 Å². The molecule has 0 saturated carbocycles. The molecule has 0 bridgehead atoms. The molecule has 1 aromatic carbocycles. The number of amides is 1. The van der Waals surface area contributed by atoms with Crippen molar-refractivity contribution in [3.8, 4) is 0 Å².